The van der Waals surface area contributed by atoms with Gasteiger partial charge in [-0.1, -0.05) is 12.1 Å². The summed E-state index contributed by atoms with van der Waals surface area (Å²) >= 11 is 0. The number of carbonyl (C=O) groups excluding carboxylic acids is 2. The van der Waals surface area contributed by atoms with Crippen molar-refractivity contribution in [2.75, 3.05) is 59.6 Å². The Hall–Kier alpha value is -2.28. The van der Waals surface area contributed by atoms with E-state index in [9.17, 15) is 9.59 Å². The lowest BCUT2D eigenvalue weighted by Gasteiger charge is -2.32. The van der Waals surface area contributed by atoms with Gasteiger partial charge in [-0.25, -0.2) is 4.79 Å². The van der Waals surface area contributed by atoms with Crippen LogP contribution in [-0.4, -0.2) is 86.2 Å². The van der Waals surface area contributed by atoms with Crippen molar-refractivity contribution in [1.29, 1.82) is 0 Å². The number of nitrogens with zero attached hydrogens (tertiary/aromatic N) is 3. The van der Waals surface area contributed by atoms with E-state index in [0.29, 0.717) is 58.9 Å². The Morgan fingerprint density at radius 3 is 2.23 bits per heavy atom. The molecule has 2 heterocycles. The second kappa shape index (κ2) is 8.89. The molecule has 0 bridgehead atoms. The van der Waals surface area contributed by atoms with Gasteiger partial charge in [0.25, 0.3) is 0 Å². The van der Waals surface area contributed by atoms with E-state index in [0.717, 1.165) is 17.7 Å². The second-order valence-electron chi connectivity index (χ2n) is 6.63. The molecule has 3 amide bonds. The Balaban J connectivity index is 1.52. The lowest BCUT2D eigenvalue weighted by Crippen LogP contribution is -2.49. The highest BCUT2D eigenvalue weighted by atomic mass is 16.5. The fraction of sp³-hybridized carbons (Fsp3) is 0.579. The summed E-state index contributed by atoms with van der Waals surface area (Å²) in [7, 11) is 1.63. The van der Waals surface area contributed by atoms with Crippen LogP contribution in [0, 0.1) is 0 Å². The third-order valence-electron chi connectivity index (χ3n) is 4.92. The first-order valence-electron chi connectivity index (χ1n) is 9.19. The van der Waals surface area contributed by atoms with Crippen LogP contribution in [0.1, 0.15) is 12.0 Å². The van der Waals surface area contributed by atoms with Gasteiger partial charge in [0.05, 0.1) is 26.7 Å². The molecule has 1 aromatic rings. The van der Waals surface area contributed by atoms with Gasteiger partial charge in [0, 0.05) is 39.3 Å². The molecular formula is C19H27N3O4. The van der Waals surface area contributed by atoms with Crippen LogP contribution in [-0.2, 0) is 16.0 Å². The molecule has 7 nitrogen and oxygen atoms in total. The zero-order chi connectivity index (χ0) is 18.4. The number of amides is 3. The molecule has 0 atom stereocenters. The van der Waals surface area contributed by atoms with Crippen LogP contribution in [0.2, 0.25) is 0 Å². The summed E-state index contributed by atoms with van der Waals surface area (Å²) in [5.41, 5.74) is 0.973. The Morgan fingerprint density at radius 1 is 0.923 bits per heavy atom. The molecular weight excluding hydrogens is 334 g/mol. The van der Waals surface area contributed by atoms with Crippen molar-refractivity contribution in [1.82, 2.24) is 14.7 Å². The minimum Gasteiger partial charge on any atom is -0.497 e. The summed E-state index contributed by atoms with van der Waals surface area (Å²) < 4.78 is 10.5. The zero-order valence-electron chi connectivity index (χ0n) is 15.4. The van der Waals surface area contributed by atoms with Crippen molar-refractivity contribution in [3.05, 3.63) is 29.8 Å². The minimum absolute atomic E-state index is 0.0674. The highest BCUT2D eigenvalue weighted by Gasteiger charge is 2.26. The SMILES string of the molecule is COc1ccc(CC(=O)N2CCCN(C(=O)N3CCOCC3)CC2)cc1. The first kappa shape index (κ1) is 18.5. The van der Waals surface area contributed by atoms with Crippen molar-refractivity contribution in [2.45, 2.75) is 12.8 Å². The molecule has 1 aromatic carbocycles. The predicted octanol–water partition coefficient (Wildman–Crippen LogP) is 1.22. The maximum atomic E-state index is 12.6. The largest absolute Gasteiger partial charge is 0.497 e. The van der Waals surface area contributed by atoms with Crippen LogP contribution < -0.4 is 4.74 Å². The fourth-order valence-corrected chi connectivity index (χ4v) is 3.34. The lowest BCUT2D eigenvalue weighted by molar-refractivity contribution is -0.130. The summed E-state index contributed by atoms with van der Waals surface area (Å²) in [5, 5.41) is 0. The van der Waals surface area contributed by atoms with E-state index in [4.69, 9.17) is 9.47 Å². The first-order valence-corrected chi connectivity index (χ1v) is 9.19. The van der Waals surface area contributed by atoms with Crippen molar-refractivity contribution >= 4 is 11.9 Å². The minimum atomic E-state index is 0.0674. The normalized spacial score (nSPS) is 18.4. The van der Waals surface area contributed by atoms with Crippen molar-refractivity contribution in [2.24, 2.45) is 0 Å². The summed E-state index contributed by atoms with van der Waals surface area (Å²) in [6.45, 7) is 5.07. The van der Waals surface area contributed by atoms with E-state index in [-0.39, 0.29) is 11.9 Å². The summed E-state index contributed by atoms with van der Waals surface area (Å²) in [4.78, 5) is 30.8. The third-order valence-corrected chi connectivity index (χ3v) is 4.92. The van der Waals surface area contributed by atoms with E-state index in [1.807, 2.05) is 39.0 Å². The van der Waals surface area contributed by atoms with Gasteiger partial charge in [0.2, 0.25) is 5.91 Å². The Kier molecular flexibility index (Phi) is 6.33. The van der Waals surface area contributed by atoms with Gasteiger partial charge >= 0.3 is 6.03 Å². The number of benzene rings is 1. The topological polar surface area (TPSA) is 62.3 Å². The van der Waals surface area contributed by atoms with Gasteiger partial charge in [-0.05, 0) is 24.1 Å². The molecule has 2 fully saturated rings. The summed E-state index contributed by atoms with van der Waals surface area (Å²) in [6.07, 6.45) is 1.19. The molecule has 0 radical (unpaired) electrons. The summed E-state index contributed by atoms with van der Waals surface area (Å²) in [5.74, 6) is 0.893. The van der Waals surface area contributed by atoms with Crippen molar-refractivity contribution in [3.8, 4) is 5.75 Å². The Bertz CT molecular complexity index is 614. The smallest absolute Gasteiger partial charge is 0.320 e. The van der Waals surface area contributed by atoms with Crippen molar-refractivity contribution in [3.63, 3.8) is 0 Å². The number of methoxy groups -OCH3 is 1. The third kappa shape index (κ3) is 4.66. The van der Waals surface area contributed by atoms with Crippen LogP contribution in [0.5, 0.6) is 5.75 Å². The van der Waals surface area contributed by atoms with Gasteiger partial charge < -0.3 is 24.2 Å². The number of ether oxygens (including phenoxy) is 2. The van der Waals surface area contributed by atoms with E-state index in [1.54, 1.807) is 7.11 Å². The van der Waals surface area contributed by atoms with Crippen LogP contribution in [0.4, 0.5) is 4.79 Å². The molecule has 2 aliphatic rings. The molecule has 0 saturated carbocycles. The predicted molar refractivity (Wildman–Crippen MR) is 97.3 cm³/mol. The second-order valence-corrected chi connectivity index (χ2v) is 6.63. The van der Waals surface area contributed by atoms with Gasteiger partial charge in [0.1, 0.15) is 5.75 Å². The number of urea groups is 1. The molecule has 26 heavy (non-hydrogen) atoms. The monoisotopic (exact) mass is 361 g/mol. The number of carbonyl (C=O) groups is 2. The molecule has 0 aromatic heterocycles. The highest BCUT2D eigenvalue weighted by molar-refractivity contribution is 5.79. The van der Waals surface area contributed by atoms with Gasteiger partial charge in [-0.3, -0.25) is 4.79 Å². The van der Waals surface area contributed by atoms with Gasteiger partial charge in [-0.2, -0.15) is 0 Å². The molecule has 0 unspecified atom stereocenters. The van der Waals surface area contributed by atoms with Crippen LogP contribution in [0.15, 0.2) is 24.3 Å². The average molecular weight is 361 g/mol. The standard InChI is InChI=1S/C19H27N3O4/c1-25-17-5-3-16(4-6-17)15-18(23)20-7-2-8-21(10-9-20)19(24)22-11-13-26-14-12-22/h3-6H,2,7-15H2,1H3. The Labute approximate surface area is 154 Å². The molecule has 3 rings (SSSR count). The molecule has 142 valence electrons. The molecule has 0 aliphatic carbocycles. The Morgan fingerprint density at radius 2 is 1.54 bits per heavy atom. The van der Waals surface area contributed by atoms with Crippen LogP contribution >= 0.6 is 0 Å². The molecule has 2 aliphatic heterocycles. The fourth-order valence-electron chi connectivity index (χ4n) is 3.34. The number of morpholine rings is 1. The lowest BCUT2D eigenvalue weighted by atomic mass is 10.1. The first-order chi connectivity index (χ1) is 12.7. The molecule has 0 N–H and O–H groups in total. The highest BCUT2D eigenvalue weighted by Crippen LogP contribution is 2.14. The summed E-state index contributed by atoms with van der Waals surface area (Å²) in [6, 6.07) is 7.64. The van der Waals surface area contributed by atoms with Gasteiger partial charge in [-0.15, -0.1) is 0 Å². The van der Waals surface area contributed by atoms with E-state index in [1.165, 1.54) is 0 Å². The molecule has 2 saturated heterocycles. The van der Waals surface area contributed by atoms with E-state index in [2.05, 4.69) is 0 Å². The van der Waals surface area contributed by atoms with E-state index < -0.39 is 0 Å². The zero-order valence-corrected chi connectivity index (χ0v) is 15.4. The maximum Gasteiger partial charge on any atom is 0.320 e. The van der Waals surface area contributed by atoms with Crippen LogP contribution in [0.25, 0.3) is 0 Å². The van der Waals surface area contributed by atoms with E-state index >= 15 is 0 Å². The quantitative estimate of drug-likeness (QED) is 0.812. The molecule has 0 spiro atoms. The average Bonchev–Trinajstić information content (AvgIpc) is 2.95. The van der Waals surface area contributed by atoms with Crippen molar-refractivity contribution < 1.29 is 19.1 Å². The van der Waals surface area contributed by atoms with Gasteiger partial charge in [0.15, 0.2) is 0 Å². The maximum absolute atomic E-state index is 12.6. The number of hydrogen-bond donors (Lipinski definition) is 0. The number of hydrogen-bond acceptors (Lipinski definition) is 4. The molecule has 7 heteroatoms. The number of rotatable bonds is 3. The van der Waals surface area contributed by atoms with Crippen LogP contribution in [0.3, 0.4) is 0 Å².